The zero-order valence-corrected chi connectivity index (χ0v) is 17.2. The lowest BCUT2D eigenvalue weighted by Crippen LogP contribution is -2.29. The summed E-state index contributed by atoms with van der Waals surface area (Å²) < 4.78 is 7.06. The van der Waals surface area contributed by atoms with Crippen LogP contribution in [0.25, 0.3) is 16.9 Å². The molecule has 2 aromatic carbocycles. The van der Waals surface area contributed by atoms with Crippen LogP contribution in [-0.4, -0.2) is 45.6 Å². The van der Waals surface area contributed by atoms with Crippen LogP contribution in [-0.2, 0) is 11.2 Å². The third-order valence-corrected chi connectivity index (χ3v) is 4.72. The van der Waals surface area contributed by atoms with Crippen LogP contribution in [0.5, 0.6) is 5.75 Å². The molecule has 0 spiro atoms. The number of hydrogen-bond donors (Lipinski definition) is 1. The van der Waals surface area contributed by atoms with Gasteiger partial charge in [-0.25, -0.2) is 9.75 Å². The molecule has 1 aromatic heterocycles. The normalized spacial score (nSPS) is 11.5. The quantitative estimate of drug-likeness (QED) is 0.490. The highest BCUT2D eigenvalue weighted by Crippen LogP contribution is 2.27. The van der Waals surface area contributed by atoms with Gasteiger partial charge in [-0.3, -0.25) is 10.0 Å². The summed E-state index contributed by atoms with van der Waals surface area (Å²) >= 11 is 6.03. The minimum atomic E-state index is -0.396. The molecule has 1 amide bonds. The summed E-state index contributed by atoms with van der Waals surface area (Å²) in [6.45, 7) is 1.77. The van der Waals surface area contributed by atoms with Gasteiger partial charge in [0.05, 0.1) is 24.2 Å². The van der Waals surface area contributed by atoms with Crippen molar-refractivity contribution in [1.82, 2.24) is 14.8 Å². The Kier molecular flexibility index (Phi) is 7.39. The van der Waals surface area contributed by atoms with E-state index < -0.39 is 5.92 Å². The number of halogens is 1. The Morgan fingerprint density at radius 2 is 1.83 bits per heavy atom. The number of aromatic nitrogens is 2. The maximum atomic E-state index is 12.0. The number of hydrogen-bond acceptors (Lipinski definition) is 4. The molecule has 1 heterocycles. The van der Waals surface area contributed by atoms with Gasteiger partial charge in [0.15, 0.2) is 0 Å². The van der Waals surface area contributed by atoms with Crippen molar-refractivity contribution in [2.75, 3.05) is 14.2 Å². The number of carbonyl (C=O) groups is 1. The molecule has 0 aliphatic carbocycles. The first-order valence-electron chi connectivity index (χ1n) is 8.85. The van der Waals surface area contributed by atoms with Crippen molar-refractivity contribution in [1.29, 1.82) is 0 Å². The number of amides is 1. The summed E-state index contributed by atoms with van der Waals surface area (Å²) in [4.78, 5) is 12.0. The van der Waals surface area contributed by atoms with E-state index >= 15 is 0 Å². The number of ether oxygens (including phenoxy) is 1. The molecule has 8 heteroatoms. The minimum absolute atomic E-state index is 0. The zero-order valence-electron chi connectivity index (χ0n) is 16.5. The minimum Gasteiger partial charge on any atom is -0.497 e. The van der Waals surface area contributed by atoms with Crippen molar-refractivity contribution in [3.63, 3.8) is 0 Å². The van der Waals surface area contributed by atoms with Crippen LogP contribution in [0, 0.1) is 5.92 Å². The van der Waals surface area contributed by atoms with Gasteiger partial charge in [-0.15, -0.1) is 0 Å². The van der Waals surface area contributed by atoms with Crippen molar-refractivity contribution in [2.45, 2.75) is 13.3 Å². The maximum Gasteiger partial charge on any atom is 0.248 e. The summed E-state index contributed by atoms with van der Waals surface area (Å²) in [6, 6.07) is 17.1. The summed E-state index contributed by atoms with van der Waals surface area (Å²) in [6.07, 6.45) is 0.410. The van der Waals surface area contributed by atoms with E-state index in [1.165, 1.54) is 7.05 Å². The fourth-order valence-electron chi connectivity index (χ4n) is 3.00. The molecule has 0 fully saturated rings. The SMILES string of the molecule is COc1ccc(-n2nc(CC(C)C(=O)N(C)O)cc2-c2ccc(Cl)cc2)cc1.O. The van der Waals surface area contributed by atoms with E-state index in [4.69, 9.17) is 21.4 Å². The van der Waals surface area contributed by atoms with Crippen LogP contribution in [0.2, 0.25) is 5.02 Å². The average molecular weight is 418 g/mol. The molecule has 0 aliphatic rings. The second kappa shape index (κ2) is 9.56. The van der Waals surface area contributed by atoms with Gasteiger partial charge in [-0.05, 0) is 42.5 Å². The topological polar surface area (TPSA) is 99.1 Å². The van der Waals surface area contributed by atoms with Crippen LogP contribution in [0.3, 0.4) is 0 Å². The maximum absolute atomic E-state index is 12.0. The summed E-state index contributed by atoms with van der Waals surface area (Å²) in [5.41, 5.74) is 3.46. The number of benzene rings is 2. The lowest BCUT2D eigenvalue weighted by atomic mass is 10.0. The highest BCUT2D eigenvalue weighted by molar-refractivity contribution is 6.30. The fraction of sp³-hybridized carbons (Fsp3) is 0.238. The molecular formula is C21H24ClN3O4. The Morgan fingerprint density at radius 1 is 1.21 bits per heavy atom. The second-order valence-corrected chi connectivity index (χ2v) is 7.04. The van der Waals surface area contributed by atoms with Gasteiger partial charge in [-0.1, -0.05) is 30.7 Å². The van der Waals surface area contributed by atoms with E-state index in [9.17, 15) is 10.0 Å². The second-order valence-electron chi connectivity index (χ2n) is 6.60. The smallest absolute Gasteiger partial charge is 0.248 e. The molecule has 0 saturated carbocycles. The molecule has 0 saturated heterocycles. The predicted octanol–water partition coefficient (Wildman–Crippen LogP) is 3.40. The van der Waals surface area contributed by atoms with Crippen molar-refractivity contribution < 1.29 is 20.2 Å². The first-order chi connectivity index (χ1) is 13.4. The first-order valence-corrected chi connectivity index (χ1v) is 9.22. The summed E-state index contributed by atoms with van der Waals surface area (Å²) in [5.74, 6) is 0.00806. The van der Waals surface area contributed by atoms with Crippen LogP contribution < -0.4 is 4.74 Å². The van der Waals surface area contributed by atoms with Crippen molar-refractivity contribution in [2.24, 2.45) is 5.92 Å². The number of rotatable bonds is 6. The van der Waals surface area contributed by atoms with Crippen LogP contribution >= 0.6 is 11.6 Å². The molecule has 29 heavy (non-hydrogen) atoms. The summed E-state index contributed by atoms with van der Waals surface area (Å²) in [5, 5.41) is 15.4. The molecular weight excluding hydrogens is 394 g/mol. The lowest BCUT2D eigenvalue weighted by Gasteiger charge is -2.13. The van der Waals surface area contributed by atoms with Gasteiger partial charge < -0.3 is 10.2 Å². The van der Waals surface area contributed by atoms with E-state index in [1.54, 1.807) is 14.0 Å². The Labute approximate surface area is 174 Å². The molecule has 3 aromatic rings. The first kappa shape index (κ1) is 22.4. The molecule has 3 N–H and O–H groups in total. The van der Waals surface area contributed by atoms with Crippen molar-refractivity contribution >= 4 is 17.5 Å². The molecule has 0 radical (unpaired) electrons. The zero-order chi connectivity index (χ0) is 20.3. The molecule has 1 atom stereocenters. The standard InChI is InChI=1S/C21H22ClN3O3.H2O/c1-14(21(26)24(2)27)12-17-13-20(15-4-6-16(22)7-5-15)25(23-17)18-8-10-19(28-3)11-9-18;/h4-11,13-14,27H,12H2,1-3H3;1H2. The highest BCUT2D eigenvalue weighted by Gasteiger charge is 2.20. The monoisotopic (exact) mass is 417 g/mol. The fourth-order valence-corrected chi connectivity index (χ4v) is 3.12. The lowest BCUT2D eigenvalue weighted by molar-refractivity contribution is -0.163. The third kappa shape index (κ3) is 5.14. The largest absolute Gasteiger partial charge is 0.497 e. The Bertz CT molecular complexity index is 953. The third-order valence-electron chi connectivity index (χ3n) is 4.47. The van der Waals surface area contributed by atoms with Crippen molar-refractivity contribution in [3.05, 3.63) is 65.3 Å². The van der Waals surface area contributed by atoms with Gasteiger partial charge in [0.25, 0.3) is 0 Å². The summed E-state index contributed by atoms with van der Waals surface area (Å²) in [7, 11) is 2.95. The molecule has 0 bridgehead atoms. The molecule has 154 valence electrons. The Morgan fingerprint density at radius 3 is 2.38 bits per heavy atom. The molecule has 3 rings (SSSR count). The highest BCUT2D eigenvalue weighted by atomic mass is 35.5. The van der Waals surface area contributed by atoms with E-state index in [0.29, 0.717) is 16.5 Å². The number of nitrogens with zero attached hydrogens (tertiary/aromatic N) is 3. The van der Waals surface area contributed by atoms with E-state index in [2.05, 4.69) is 0 Å². The Hall–Kier alpha value is -2.87. The molecule has 1 unspecified atom stereocenters. The van der Waals surface area contributed by atoms with Gasteiger partial charge in [0.1, 0.15) is 5.75 Å². The van der Waals surface area contributed by atoms with Gasteiger partial charge in [0.2, 0.25) is 5.91 Å². The van der Waals surface area contributed by atoms with Crippen LogP contribution in [0.1, 0.15) is 12.6 Å². The van der Waals surface area contributed by atoms with Gasteiger partial charge in [0, 0.05) is 30.0 Å². The van der Waals surface area contributed by atoms with Gasteiger partial charge >= 0.3 is 0 Å². The number of hydroxylamine groups is 2. The van der Waals surface area contributed by atoms with Gasteiger partial charge in [-0.2, -0.15) is 5.10 Å². The van der Waals surface area contributed by atoms with Crippen LogP contribution in [0.15, 0.2) is 54.6 Å². The van der Waals surface area contributed by atoms with E-state index in [1.807, 2.05) is 59.3 Å². The van der Waals surface area contributed by atoms with Crippen molar-refractivity contribution in [3.8, 4) is 22.7 Å². The van der Waals surface area contributed by atoms with E-state index in [-0.39, 0.29) is 11.4 Å². The predicted molar refractivity (Wildman–Crippen MR) is 112 cm³/mol. The average Bonchev–Trinajstić information content (AvgIpc) is 3.11. The molecule has 0 aliphatic heterocycles. The molecule has 7 nitrogen and oxygen atoms in total. The number of methoxy groups -OCH3 is 1. The Balaban J connectivity index is 0.00000300. The number of carbonyl (C=O) groups excluding carboxylic acids is 1. The van der Waals surface area contributed by atoms with E-state index in [0.717, 1.165) is 28.4 Å². The van der Waals surface area contributed by atoms with Crippen LogP contribution in [0.4, 0.5) is 0 Å².